The van der Waals surface area contributed by atoms with Gasteiger partial charge in [-0.25, -0.2) is 0 Å². The molecule has 0 radical (unpaired) electrons. The van der Waals surface area contributed by atoms with Crippen molar-refractivity contribution in [1.29, 1.82) is 0 Å². The van der Waals surface area contributed by atoms with Gasteiger partial charge in [-0.1, -0.05) is 23.7 Å². The Labute approximate surface area is 154 Å². The van der Waals surface area contributed by atoms with Crippen molar-refractivity contribution < 1.29 is 23.9 Å². The fourth-order valence-corrected chi connectivity index (χ4v) is 2.13. The number of benzene rings is 1. The molecule has 1 aromatic carbocycles. The number of carbonyl (C=O) groups is 3. The van der Waals surface area contributed by atoms with Crippen LogP contribution in [0.5, 0.6) is 0 Å². The molecule has 0 aliphatic carbocycles. The molecule has 1 aromatic heterocycles. The van der Waals surface area contributed by atoms with Gasteiger partial charge in [-0.3, -0.25) is 9.59 Å². The van der Waals surface area contributed by atoms with Gasteiger partial charge in [0, 0.05) is 17.5 Å². The zero-order valence-corrected chi connectivity index (χ0v) is 14.4. The van der Waals surface area contributed by atoms with Crippen LogP contribution in [0.1, 0.15) is 29.0 Å². The third kappa shape index (κ3) is 6.10. The van der Waals surface area contributed by atoms with Crippen LogP contribution in [0.15, 0.2) is 52.8 Å². The van der Waals surface area contributed by atoms with Crippen LogP contribution in [0.4, 0.5) is 0 Å². The molecule has 7 nitrogen and oxygen atoms in total. The van der Waals surface area contributed by atoms with E-state index >= 15 is 0 Å². The third-order valence-electron chi connectivity index (χ3n) is 3.26. The second-order valence-corrected chi connectivity index (χ2v) is 5.71. The van der Waals surface area contributed by atoms with Gasteiger partial charge in [0.15, 0.2) is 5.76 Å². The molecule has 136 valence electrons. The van der Waals surface area contributed by atoms with Crippen molar-refractivity contribution in [3.63, 3.8) is 0 Å². The van der Waals surface area contributed by atoms with E-state index in [0.29, 0.717) is 10.6 Å². The topological polar surface area (TPSA) is 111 Å². The average Bonchev–Trinajstić information content (AvgIpc) is 3.14. The van der Waals surface area contributed by atoms with Gasteiger partial charge < -0.3 is 25.0 Å². The van der Waals surface area contributed by atoms with Gasteiger partial charge in [-0.2, -0.15) is 0 Å². The fourth-order valence-electron chi connectivity index (χ4n) is 2.01. The number of aliphatic carboxylic acids is 1. The van der Waals surface area contributed by atoms with Crippen LogP contribution < -0.4 is 15.7 Å². The standard InChI is InChI=1S/C18H17ClN2O5/c19-13-7-5-12(6-8-13)11-14(17(24)20-9-1-4-16(22)23)21-18(25)15-3-2-10-26-15/h2-3,5-8,10-11H,1,4,9H2,(H,20,24)(H,21,25)(H,22,23)/p-1/b14-11-. The largest absolute Gasteiger partial charge is 0.550 e. The number of halogens is 1. The van der Waals surface area contributed by atoms with Crippen molar-refractivity contribution in [3.05, 3.63) is 64.7 Å². The van der Waals surface area contributed by atoms with Gasteiger partial charge in [0.2, 0.25) is 0 Å². The van der Waals surface area contributed by atoms with E-state index in [1.807, 2.05) is 0 Å². The van der Waals surface area contributed by atoms with Crippen LogP contribution in [-0.2, 0) is 9.59 Å². The van der Waals surface area contributed by atoms with Crippen LogP contribution in [0.3, 0.4) is 0 Å². The normalized spacial score (nSPS) is 11.0. The molecule has 2 amide bonds. The summed E-state index contributed by atoms with van der Waals surface area (Å²) in [4.78, 5) is 34.9. The quantitative estimate of drug-likeness (QED) is 0.534. The van der Waals surface area contributed by atoms with Crippen molar-refractivity contribution in [1.82, 2.24) is 10.6 Å². The number of furan rings is 1. The van der Waals surface area contributed by atoms with Crippen LogP contribution in [-0.4, -0.2) is 24.3 Å². The predicted molar refractivity (Wildman–Crippen MR) is 92.9 cm³/mol. The molecule has 1 heterocycles. The lowest BCUT2D eigenvalue weighted by Gasteiger charge is -2.10. The van der Waals surface area contributed by atoms with E-state index in [2.05, 4.69) is 10.6 Å². The van der Waals surface area contributed by atoms with E-state index < -0.39 is 17.8 Å². The highest BCUT2D eigenvalue weighted by Gasteiger charge is 2.16. The monoisotopic (exact) mass is 375 g/mol. The number of hydrogen-bond donors (Lipinski definition) is 2. The summed E-state index contributed by atoms with van der Waals surface area (Å²) in [5, 5.41) is 16.0. The number of hydrogen-bond acceptors (Lipinski definition) is 5. The van der Waals surface area contributed by atoms with E-state index in [9.17, 15) is 19.5 Å². The summed E-state index contributed by atoms with van der Waals surface area (Å²) in [5.74, 6) is -2.28. The summed E-state index contributed by atoms with van der Waals surface area (Å²) < 4.78 is 5.01. The molecular weight excluding hydrogens is 360 g/mol. The lowest BCUT2D eigenvalue weighted by Crippen LogP contribution is -2.35. The number of carboxylic acids is 1. The average molecular weight is 376 g/mol. The number of nitrogens with one attached hydrogen (secondary N) is 2. The van der Waals surface area contributed by atoms with Gasteiger partial charge in [0.05, 0.1) is 6.26 Å². The van der Waals surface area contributed by atoms with Crippen LogP contribution in [0, 0.1) is 0 Å². The molecule has 2 aromatic rings. The van der Waals surface area contributed by atoms with E-state index in [-0.39, 0.29) is 30.8 Å². The Kier molecular flexibility index (Phi) is 6.99. The zero-order chi connectivity index (χ0) is 18.9. The van der Waals surface area contributed by atoms with Crippen LogP contribution in [0.25, 0.3) is 6.08 Å². The molecule has 0 saturated carbocycles. The first-order chi connectivity index (χ1) is 12.5. The highest BCUT2D eigenvalue weighted by molar-refractivity contribution is 6.30. The molecule has 0 atom stereocenters. The first-order valence-electron chi connectivity index (χ1n) is 7.76. The van der Waals surface area contributed by atoms with E-state index in [4.69, 9.17) is 16.0 Å². The predicted octanol–water partition coefficient (Wildman–Crippen LogP) is 1.35. The Morgan fingerprint density at radius 1 is 1.15 bits per heavy atom. The highest BCUT2D eigenvalue weighted by atomic mass is 35.5. The molecule has 0 unspecified atom stereocenters. The Morgan fingerprint density at radius 2 is 1.88 bits per heavy atom. The zero-order valence-electron chi connectivity index (χ0n) is 13.7. The minimum Gasteiger partial charge on any atom is -0.550 e. The summed E-state index contributed by atoms with van der Waals surface area (Å²) in [7, 11) is 0. The van der Waals surface area contributed by atoms with Crippen molar-refractivity contribution in [2.75, 3.05) is 6.54 Å². The lowest BCUT2D eigenvalue weighted by molar-refractivity contribution is -0.305. The van der Waals surface area contributed by atoms with Gasteiger partial charge in [-0.15, -0.1) is 0 Å². The Hall–Kier alpha value is -3.06. The SMILES string of the molecule is O=C([O-])CCCNC(=O)/C(=C/c1ccc(Cl)cc1)NC(=O)c1ccco1. The van der Waals surface area contributed by atoms with Gasteiger partial charge in [0.25, 0.3) is 11.8 Å². The summed E-state index contributed by atoms with van der Waals surface area (Å²) in [6, 6.07) is 9.69. The molecule has 0 spiro atoms. The summed E-state index contributed by atoms with van der Waals surface area (Å²) in [6.45, 7) is 0.126. The summed E-state index contributed by atoms with van der Waals surface area (Å²) >= 11 is 5.84. The van der Waals surface area contributed by atoms with Crippen molar-refractivity contribution in [3.8, 4) is 0 Å². The van der Waals surface area contributed by atoms with Gasteiger partial charge in [0.1, 0.15) is 5.70 Å². The first-order valence-corrected chi connectivity index (χ1v) is 8.13. The maximum Gasteiger partial charge on any atom is 0.291 e. The molecule has 26 heavy (non-hydrogen) atoms. The van der Waals surface area contributed by atoms with Crippen LogP contribution >= 0.6 is 11.6 Å². The molecule has 8 heteroatoms. The maximum atomic E-state index is 12.4. The van der Waals surface area contributed by atoms with Crippen LogP contribution in [0.2, 0.25) is 5.02 Å². The molecule has 0 aliphatic rings. The number of carbonyl (C=O) groups excluding carboxylic acids is 3. The van der Waals surface area contributed by atoms with E-state index in [0.717, 1.165) is 0 Å². The Morgan fingerprint density at radius 3 is 2.50 bits per heavy atom. The summed E-state index contributed by atoms with van der Waals surface area (Å²) in [5.41, 5.74) is 0.635. The smallest absolute Gasteiger partial charge is 0.291 e. The Balaban J connectivity index is 2.12. The van der Waals surface area contributed by atoms with E-state index in [1.54, 1.807) is 30.3 Å². The number of rotatable bonds is 8. The molecule has 0 saturated heterocycles. The summed E-state index contributed by atoms with van der Waals surface area (Å²) in [6.07, 6.45) is 2.87. The van der Waals surface area contributed by atoms with Crippen molar-refractivity contribution in [2.24, 2.45) is 0 Å². The maximum absolute atomic E-state index is 12.4. The highest BCUT2D eigenvalue weighted by Crippen LogP contribution is 2.12. The number of carboxylic acid groups (broad SMARTS) is 1. The fraction of sp³-hybridized carbons (Fsp3) is 0.167. The first kappa shape index (κ1) is 19.3. The molecule has 2 rings (SSSR count). The molecule has 2 N–H and O–H groups in total. The second kappa shape index (κ2) is 9.43. The minimum absolute atomic E-state index is 0.0119. The third-order valence-corrected chi connectivity index (χ3v) is 3.51. The van der Waals surface area contributed by atoms with Gasteiger partial charge >= 0.3 is 0 Å². The molecule has 0 bridgehead atoms. The second-order valence-electron chi connectivity index (χ2n) is 5.27. The Bertz CT molecular complexity index is 797. The van der Waals surface area contributed by atoms with E-state index in [1.165, 1.54) is 18.4 Å². The minimum atomic E-state index is -1.19. The van der Waals surface area contributed by atoms with Crippen molar-refractivity contribution in [2.45, 2.75) is 12.8 Å². The molecule has 0 fully saturated rings. The van der Waals surface area contributed by atoms with Gasteiger partial charge in [-0.05, 0) is 48.7 Å². The molecular formula is C18H16ClN2O5-. The van der Waals surface area contributed by atoms with Crippen molar-refractivity contribution >= 4 is 35.5 Å². The lowest BCUT2D eigenvalue weighted by atomic mass is 10.2. The molecule has 0 aliphatic heterocycles. The number of amides is 2.